The minimum Gasteiger partial charge on any atom is -0.479 e. The van der Waals surface area contributed by atoms with Crippen molar-refractivity contribution in [3.63, 3.8) is 0 Å². The Morgan fingerprint density at radius 3 is 2.48 bits per heavy atom. The monoisotopic (exact) mass is 329 g/mol. The fraction of sp³-hybridized carbons (Fsp3) is 0.800. The van der Waals surface area contributed by atoms with Crippen molar-refractivity contribution in [1.29, 1.82) is 0 Å². The Labute approximate surface area is 136 Å². The Morgan fingerprint density at radius 2 is 1.87 bits per heavy atom. The molecule has 0 heterocycles. The molecule has 0 aromatic heterocycles. The van der Waals surface area contributed by atoms with Crippen molar-refractivity contribution in [2.24, 2.45) is 0 Å². The molecular weight excluding hydrogens is 302 g/mol. The van der Waals surface area contributed by atoms with Gasteiger partial charge in [0.1, 0.15) is 0 Å². The van der Waals surface area contributed by atoms with Gasteiger partial charge in [0, 0.05) is 26.1 Å². The molecule has 23 heavy (non-hydrogen) atoms. The van der Waals surface area contributed by atoms with E-state index >= 15 is 0 Å². The third-order valence-electron chi connectivity index (χ3n) is 3.85. The van der Waals surface area contributed by atoms with Crippen LogP contribution in [0.1, 0.15) is 44.9 Å². The van der Waals surface area contributed by atoms with Crippen molar-refractivity contribution in [3.8, 4) is 0 Å². The number of rotatable bonds is 9. The standard InChI is InChI=1S/C15H27N3O5/c1-23-12(14(20)21)10-17-13(19)8-5-9-16-15(22)18-11-6-3-2-4-7-11/h11-12H,2-10H2,1H3,(H,17,19)(H,20,21)(H2,16,18,22). The van der Waals surface area contributed by atoms with E-state index in [1.54, 1.807) is 0 Å². The molecule has 3 amide bonds. The van der Waals surface area contributed by atoms with E-state index in [9.17, 15) is 14.4 Å². The number of hydrogen-bond donors (Lipinski definition) is 4. The molecule has 132 valence electrons. The summed E-state index contributed by atoms with van der Waals surface area (Å²) < 4.78 is 4.71. The second-order valence-electron chi connectivity index (χ2n) is 5.71. The molecule has 1 fully saturated rings. The predicted octanol–water partition coefficient (Wildman–Crippen LogP) is 0.614. The van der Waals surface area contributed by atoms with Gasteiger partial charge in [-0.1, -0.05) is 19.3 Å². The average Bonchev–Trinajstić information content (AvgIpc) is 2.53. The van der Waals surface area contributed by atoms with E-state index in [0.717, 1.165) is 25.7 Å². The van der Waals surface area contributed by atoms with E-state index in [2.05, 4.69) is 16.0 Å². The summed E-state index contributed by atoms with van der Waals surface area (Å²) in [5.74, 6) is -1.38. The van der Waals surface area contributed by atoms with E-state index in [0.29, 0.717) is 13.0 Å². The van der Waals surface area contributed by atoms with E-state index in [4.69, 9.17) is 9.84 Å². The number of ether oxygens (including phenoxy) is 1. The van der Waals surface area contributed by atoms with Crippen LogP contribution in [0.5, 0.6) is 0 Å². The Kier molecular flexibility index (Phi) is 9.04. The minimum absolute atomic E-state index is 0.0692. The lowest BCUT2D eigenvalue weighted by molar-refractivity contribution is -0.148. The molecule has 1 unspecified atom stereocenters. The summed E-state index contributed by atoms with van der Waals surface area (Å²) in [7, 11) is 1.28. The summed E-state index contributed by atoms with van der Waals surface area (Å²) >= 11 is 0. The quantitative estimate of drug-likeness (QED) is 0.463. The van der Waals surface area contributed by atoms with Gasteiger partial charge in [-0.25, -0.2) is 9.59 Å². The summed E-state index contributed by atoms with van der Waals surface area (Å²) in [4.78, 5) is 34.0. The van der Waals surface area contributed by atoms with E-state index in [1.807, 2.05) is 0 Å². The highest BCUT2D eigenvalue weighted by Crippen LogP contribution is 2.17. The van der Waals surface area contributed by atoms with Crippen LogP contribution in [0.3, 0.4) is 0 Å². The normalized spacial score (nSPS) is 16.4. The highest BCUT2D eigenvalue weighted by atomic mass is 16.5. The van der Waals surface area contributed by atoms with Gasteiger partial charge in [0.25, 0.3) is 0 Å². The lowest BCUT2D eigenvalue weighted by atomic mass is 9.96. The molecule has 1 saturated carbocycles. The van der Waals surface area contributed by atoms with Crippen LogP contribution in [-0.2, 0) is 14.3 Å². The maximum Gasteiger partial charge on any atom is 0.334 e. The minimum atomic E-state index is -1.12. The maximum atomic E-state index is 11.7. The van der Waals surface area contributed by atoms with Gasteiger partial charge in [-0.15, -0.1) is 0 Å². The number of nitrogens with one attached hydrogen (secondary N) is 3. The summed E-state index contributed by atoms with van der Waals surface area (Å²) in [5, 5.41) is 16.9. The maximum absolute atomic E-state index is 11.7. The molecule has 8 heteroatoms. The number of amides is 3. The molecule has 0 aliphatic heterocycles. The van der Waals surface area contributed by atoms with Crippen LogP contribution in [0.4, 0.5) is 4.79 Å². The SMILES string of the molecule is COC(CNC(=O)CCCNC(=O)NC1CCCCC1)C(=O)O. The number of hydrogen-bond acceptors (Lipinski definition) is 4. The number of carboxylic acids is 1. The van der Waals surface area contributed by atoms with Crippen molar-refractivity contribution in [1.82, 2.24) is 16.0 Å². The lowest BCUT2D eigenvalue weighted by Crippen LogP contribution is -2.43. The molecule has 1 aliphatic carbocycles. The number of urea groups is 1. The number of carboxylic acid groups (broad SMARTS) is 1. The zero-order chi connectivity index (χ0) is 17.1. The Balaban J connectivity index is 2.05. The van der Waals surface area contributed by atoms with E-state index < -0.39 is 12.1 Å². The summed E-state index contributed by atoms with van der Waals surface area (Å²) in [5.41, 5.74) is 0. The zero-order valence-electron chi connectivity index (χ0n) is 13.6. The Bertz CT molecular complexity index is 397. The Hall–Kier alpha value is -1.83. The molecule has 1 atom stereocenters. The first-order valence-electron chi connectivity index (χ1n) is 8.09. The fourth-order valence-electron chi connectivity index (χ4n) is 2.50. The highest BCUT2D eigenvalue weighted by molar-refractivity contribution is 5.78. The van der Waals surface area contributed by atoms with Crippen molar-refractivity contribution >= 4 is 17.9 Å². The second kappa shape index (κ2) is 10.8. The molecule has 1 aliphatic rings. The van der Waals surface area contributed by atoms with Crippen LogP contribution >= 0.6 is 0 Å². The molecule has 0 spiro atoms. The van der Waals surface area contributed by atoms with Gasteiger partial charge in [0.2, 0.25) is 5.91 Å². The second-order valence-corrected chi connectivity index (χ2v) is 5.71. The van der Waals surface area contributed by atoms with Gasteiger partial charge in [-0.2, -0.15) is 0 Å². The molecule has 8 nitrogen and oxygen atoms in total. The van der Waals surface area contributed by atoms with Crippen molar-refractivity contribution in [2.75, 3.05) is 20.2 Å². The summed E-state index contributed by atoms with van der Waals surface area (Å²) in [6, 6.07) is 0.0664. The van der Waals surface area contributed by atoms with Crippen molar-refractivity contribution in [3.05, 3.63) is 0 Å². The van der Waals surface area contributed by atoms with Crippen LogP contribution in [0.25, 0.3) is 0 Å². The van der Waals surface area contributed by atoms with Crippen LogP contribution in [0.15, 0.2) is 0 Å². The van der Waals surface area contributed by atoms with Gasteiger partial charge in [0.05, 0.1) is 6.54 Å². The van der Waals surface area contributed by atoms with E-state index in [1.165, 1.54) is 13.5 Å². The van der Waals surface area contributed by atoms with Crippen LogP contribution < -0.4 is 16.0 Å². The van der Waals surface area contributed by atoms with Gasteiger partial charge in [-0.05, 0) is 19.3 Å². The van der Waals surface area contributed by atoms with E-state index in [-0.39, 0.29) is 30.9 Å². The number of carbonyl (C=O) groups is 3. The van der Waals surface area contributed by atoms with Gasteiger partial charge < -0.3 is 25.8 Å². The molecule has 4 N–H and O–H groups in total. The van der Waals surface area contributed by atoms with Gasteiger partial charge in [0.15, 0.2) is 6.10 Å². The fourth-order valence-corrected chi connectivity index (χ4v) is 2.50. The van der Waals surface area contributed by atoms with Crippen LogP contribution in [0.2, 0.25) is 0 Å². The summed E-state index contributed by atoms with van der Waals surface area (Å²) in [6.45, 7) is 0.332. The third-order valence-corrected chi connectivity index (χ3v) is 3.85. The highest BCUT2D eigenvalue weighted by Gasteiger charge is 2.17. The molecule has 0 radical (unpaired) electrons. The summed E-state index contributed by atoms with van der Waals surface area (Å²) in [6.07, 6.45) is 5.28. The topological polar surface area (TPSA) is 117 Å². The number of aliphatic carboxylic acids is 1. The number of methoxy groups -OCH3 is 1. The van der Waals surface area contributed by atoms with Crippen molar-refractivity contribution in [2.45, 2.75) is 57.1 Å². The third kappa shape index (κ3) is 8.39. The average molecular weight is 329 g/mol. The smallest absolute Gasteiger partial charge is 0.334 e. The predicted molar refractivity (Wildman–Crippen MR) is 84.1 cm³/mol. The molecule has 0 aromatic rings. The van der Waals surface area contributed by atoms with Crippen LogP contribution in [0, 0.1) is 0 Å². The molecular formula is C15H27N3O5. The molecule has 0 bridgehead atoms. The van der Waals surface area contributed by atoms with Crippen LogP contribution in [-0.4, -0.2) is 55.4 Å². The Morgan fingerprint density at radius 1 is 1.17 bits per heavy atom. The lowest BCUT2D eigenvalue weighted by Gasteiger charge is -2.22. The zero-order valence-corrected chi connectivity index (χ0v) is 13.6. The first-order chi connectivity index (χ1) is 11.0. The van der Waals surface area contributed by atoms with Gasteiger partial charge >= 0.3 is 12.0 Å². The molecule has 0 saturated heterocycles. The van der Waals surface area contributed by atoms with Gasteiger partial charge in [-0.3, -0.25) is 4.79 Å². The molecule has 0 aromatic carbocycles. The number of carbonyl (C=O) groups excluding carboxylic acids is 2. The first-order valence-corrected chi connectivity index (χ1v) is 8.09. The first kappa shape index (κ1) is 19.2. The molecule has 1 rings (SSSR count). The largest absolute Gasteiger partial charge is 0.479 e. The van der Waals surface area contributed by atoms with Crippen molar-refractivity contribution < 1.29 is 24.2 Å².